The normalized spacial score (nSPS) is 13.1. The summed E-state index contributed by atoms with van der Waals surface area (Å²) in [5.74, 6) is -3.35. The number of hydrogen-bond acceptors (Lipinski definition) is 7. The molecule has 9 nitrogen and oxygen atoms in total. The minimum absolute atomic E-state index is 0.0390. The van der Waals surface area contributed by atoms with Crippen molar-refractivity contribution >= 4 is 47.5 Å². The first kappa shape index (κ1) is 18.5. The summed E-state index contributed by atoms with van der Waals surface area (Å²) in [7, 11) is 0. The summed E-state index contributed by atoms with van der Waals surface area (Å²) in [4.78, 5) is 43.7. The van der Waals surface area contributed by atoms with E-state index in [1.807, 2.05) is 0 Å². The molecule has 0 saturated carbocycles. The Balaban J connectivity index is 4.21. The second kappa shape index (κ2) is 9.44. The summed E-state index contributed by atoms with van der Waals surface area (Å²) in [6.45, 7) is -0.573. The highest BCUT2D eigenvalue weighted by Crippen LogP contribution is 2.04. The Bertz CT molecular complexity index is 392. The first-order chi connectivity index (χ1) is 9.27. The molecule has 0 aromatic heterocycles. The standard InChI is InChI=1S/C9H15N3O6S2/c10-4(8(16)17)3-20-9(18)12-5(2-19)7(15)11-1-6(13)14/h4-5,19H,1-3,10H2,(H,11,15)(H,12,18)(H,13,14)(H,16,17). The van der Waals surface area contributed by atoms with E-state index in [1.54, 1.807) is 0 Å². The van der Waals surface area contributed by atoms with Crippen LogP contribution in [0.5, 0.6) is 0 Å². The second-order valence-corrected chi connectivity index (χ2v) is 4.89. The molecule has 0 heterocycles. The number of rotatable bonds is 8. The molecule has 0 aliphatic heterocycles. The minimum atomic E-state index is -1.24. The Labute approximate surface area is 124 Å². The average Bonchev–Trinajstić information content (AvgIpc) is 2.38. The van der Waals surface area contributed by atoms with E-state index in [4.69, 9.17) is 15.9 Å². The molecule has 2 atom stereocenters. The molecule has 0 radical (unpaired) electrons. The third-order valence-electron chi connectivity index (χ3n) is 1.92. The fourth-order valence-corrected chi connectivity index (χ4v) is 1.86. The van der Waals surface area contributed by atoms with E-state index < -0.39 is 41.7 Å². The Morgan fingerprint density at radius 3 is 2.30 bits per heavy atom. The number of hydrogen-bond donors (Lipinski definition) is 6. The molecular formula is C9H15N3O6S2. The third-order valence-corrected chi connectivity index (χ3v) is 3.19. The molecule has 0 saturated heterocycles. The van der Waals surface area contributed by atoms with E-state index in [2.05, 4.69) is 23.3 Å². The average molecular weight is 325 g/mol. The van der Waals surface area contributed by atoms with Crippen molar-refractivity contribution in [1.29, 1.82) is 0 Å². The van der Waals surface area contributed by atoms with Crippen molar-refractivity contribution in [2.75, 3.05) is 18.1 Å². The van der Waals surface area contributed by atoms with Crippen LogP contribution in [-0.4, -0.2) is 63.4 Å². The van der Waals surface area contributed by atoms with Gasteiger partial charge in [-0.1, -0.05) is 11.8 Å². The molecule has 0 spiro atoms. The first-order valence-corrected chi connectivity index (χ1v) is 6.91. The zero-order chi connectivity index (χ0) is 15.7. The number of carbonyl (C=O) groups excluding carboxylic acids is 2. The topological polar surface area (TPSA) is 159 Å². The third kappa shape index (κ3) is 7.86. The van der Waals surface area contributed by atoms with Gasteiger partial charge in [0, 0.05) is 11.5 Å². The fraction of sp³-hybridized carbons (Fsp3) is 0.556. The molecule has 0 aliphatic carbocycles. The number of carboxylic acid groups (broad SMARTS) is 2. The molecule has 6 N–H and O–H groups in total. The van der Waals surface area contributed by atoms with Crippen LogP contribution >= 0.6 is 24.4 Å². The summed E-state index contributed by atoms with van der Waals surface area (Å²) in [5.41, 5.74) is 5.21. The van der Waals surface area contributed by atoms with Crippen LogP contribution in [0.2, 0.25) is 0 Å². The van der Waals surface area contributed by atoms with Crippen molar-refractivity contribution in [1.82, 2.24) is 10.6 Å². The van der Waals surface area contributed by atoms with Gasteiger partial charge >= 0.3 is 11.9 Å². The minimum Gasteiger partial charge on any atom is -0.480 e. The van der Waals surface area contributed by atoms with Crippen LogP contribution in [-0.2, 0) is 14.4 Å². The quantitative estimate of drug-likeness (QED) is 0.289. The van der Waals surface area contributed by atoms with Gasteiger partial charge in [-0.3, -0.25) is 19.2 Å². The highest BCUT2D eigenvalue weighted by molar-refractivity contribution is 8.13. The molecule has 2 amide bonds. The Kier molecular flexibility index (Phi) is 8.76. The van der Waals surface area contributed by atoms with Crippen LogP contribution in [0.25, 0.3) is 0 Å². The van der Waals surface area contributed by atoms with Crippen molar-refractivity contribution in [2.24, 2.45) is 5.73 Å². The maximum atomic E-state index is 11.5. The van der Waals surface area contributed by atoms with Crippen molar-refractivity contribution < 1.29 is 29.4 Å². The van der Waals surface area contributed by atoms with Crippen LogP contribution in [0.4, 0.5) is 4.79 Å². The summed E-state index contributed by atoms with van der Waals surface area (Å²) < 4.78 is 0. The number of thioether (sulfide) groups is 1. The lowest BCUT2D eigenvalue weighted by molar-refractivity contribution is -0.138. The predicted molar refractivity (Wildman–Crippen MR) is 74.9 cm³/mol. The van der Waals surface area contributed by atoms with Crippen LogP contribution in [0, 0.1) is 0 Å². The molecule has 0 aromatic rings. The van der Waals surface area contributed by atoms with Crippen LogP contribution in [0.3, 0.4) is 0 Å². The van der Waals surface area contributed by atoms with Gasteiger partial charge in [-0.15, -0.1) is 0 Å². The largest absolute Gasteiger partial charge is 0.480 e. The highest BCUT2D eigenvalue weighted by Gasteiger charge is 2.21. The van der Waals surface area contributed by atoms with Crippen molar-refractivity contribution in [3.05, 3.63) is 0 Å². The number of amides is 2. The van der Waals surface area contributed by atoms with E-state index in [1.165, 1.54) is 0 Å². The van der Waals surface area contributed by atoms with E-state index in [9.17, 15) is 19.2 Å². The molecule has 0 aliphatic rings. The molecular weight excluding hydrogens is 310 g/mol. The molecule has 0 fully saturated rings. The lowest BCUT2D eigenvalue weighted by Gasteiger charge is -2.15. The number of nitrogens with two attached hydrogens (primary N) is 1. The van der Waals surface area contributed by atoms with Gasteiger partial charge in [0.25, 0.3) is 5.24 Å². The molecule has 0 rings (SSSR count). The number of nitrogens with one attached hydrogen (secondary N) is 2. The molecule has 2 unspecified atom stereocenters. The smallest absolute Gasteiger partial charge is 0.322 e. The van der Waals surface area contributed by atoms with Gasteiger partial charge in [0.1, 0.15) is 18.6 Å². The van der Waals surface area contributed by atoms with Gasteiger partial charge in [0.05, 0.1) is 0 Å². The predicted octanol–water partition coefficient (Wildman–Crippen LogP) is -1.66. The number of thiol groups is 1. The van der Waals surface area contributed by atoms with Crippen LogP contribution in [0.15, 0.2) is 0 Å². The maximum Gasteiger partial charge on any atom is 0.322 e. The molecule has 0 bridgehead atoms. The van der Waals surface area contributed by atoms with E-state index in [0.717, 1.165) is 0 Å². The van der Waals surface area contributed by atoms with Gasteiger partial charge in [0.15, 0.2) is 0 Å². The molecule has 0 aromatic carbocycles. The molecule has 114 valence electrons. The van der Waals surface area contributed by atoms with Crippen LogP contribution < -0.4 is 16.4 Å². The Morgan fingerprint density at radius 1 is 1.25 bits per heavy atom. The SMILES string of the molecule is NC(CSC(=O)NC(CS)C(=O)NCC(=O)O)C(=O)O. The number of carbonyl (C=O) groups is 4. The first-order valence-electron chi connectivity index (χ1n) is 5.30. The lowest BCUT2D eigenvalue weighted by atomic mass is 10.3. The molecule has 20 heavy (non-hydrogen) atoms. The summed E-state index contributed by atoms with van der Waals surface area (Å²) in [6.07, 6.45) is 0. The van der Waals surface area contributed by atoms with Gasteiger partial charge in [-0.25, -0.2) is 0 Å². The monoisotopic (exact) mass is 325 g/mol. The lowest BCUT2D eigenvalue weighted by Crippen LogP contribution is -2.48. The van der Waals surface area contributed by atoms with Crippen molar-refractivity contribution in [3.8, 4) is 0 Å². The summed E-state index contributed by atoms with van der Waals surface area (Å²) in [6, 6.07) is -2.21. The zero-order valence-electron chi connectivity index (χ0n) is 10.2. The van der Waals surface area contributed by atoms with Gasteiger partial charge in [-0.2, -0.15) is 12.6 Å². The van der Waals surface area contributed by atoms with Gasteiger partial charge in [-0.05, 0) is 0 Å². The fourth-order valence-electron chi connectivity index (χ4n) is 0.901. The van der Waals surface area contributed by atoms with Gasteiger partial charge in [0.2, 0.25) is 5.91 Å². The van der Waals surface area contributed by atoms with Crippen LogP contribution in [0.1, 0.15) is 0 Å². The van der Waals surface area contributed by atoms with Crippen molar-refractivity contribution in [2.45, 2.75) is 12.1 Å². The van der Waals surface area contributed by atoms with E-state index >= 15 is 0 Å². The van der Waals surface area contributed by atoms with Crippen molar-refractivity contribution in [3.63, 3.8) is 0 Å². The summed E-state index contributed by atoms with van der Waals surface area (Å²) >= 11 is 4.48. The van der Waals surface area contributed by atoms with E-state index in [-0.39, 0.29) is 11.5 Å². The van der Waals surface area contributed by atoms with E-state index in [0.29, 0.717) is 11.8 Å². The summed E-state index contributed by atoms with van der Waals surface area (Å²) in [5, 5.41) is 20.7. The van der Waals surface area contributed by atoms with Gasteiger partial charge < -0.3 is 26.6 Å². The Hall–Kier alpha value is -1.46. The Morgan fingerprint density at radius 2 is 1.85 bits per heavy atom. The number of aliphatic carboxylic acids is 2. The maximum absolute atomic E-state index is 11.5. The number of carboxylic acids is 2. The molecule has 11 heteroatoms. The second-order valence-electron chi connectivity index (χ2n) is 3.53. The highest BCUT2D eigenvalue weighted by atomic mass is 32.2. The zero-order valence-corrected chi connectivity index (χ0v) is 11.9.